The lowest BCUT2D eigenvalue weighted by Gasteiger charge is -2.33. The number of aromatic hydroxyl groups is 3. The van der Waals surface area contributed by atoms with E-state index in [9.17, 15) is 34.8 Å². The van der Waals surface area contributed by atoms with Crippen LogP contribution in [0.5, 0.6) is 23.0 Å². The van der Waals surface area contributed by atoms with Gasteiger partial charge in [-0.2, -0.15) is 0 Å². The van der Waals surface area contributed by atoms with Gasteiger partial charge in [-0.05, 0) is 24.1 Å². The fourth-order valence-electron chi connectivity index (χ4n) is 5.70. The maximum absolute atomic E-state index is 13.5. The van der Waals surface area contributed by atoms with Gasteiger partial charge in [0.2, 0.25) is 5.78 Å². The Balaban J connectivity index is 1.72. The second kappa shape index (κ2) is 7.32. The van der Waals surface area contributed by atoms with Gasteiger partial charge in [0.1, 0.15) is 34.7 Å². The van der Waals surface area contributed by atoms with Crippen molar-refractivity contribution in [3.8, 4) is 34.1 Å². The zero-order valence-corrected chi connectivity index (χ0v) is 19.2. The molecule has 2 aliphatic carbocycles. The lowest BCUT2D eigenvalue weighted by molar-refractivity contribution is 0.0297. The van der Waals surface area contributed by atoms with Crippen molar-refractivity contribution >= 4 is 17.5 Å². The summed E-state index contributed by atoms with van der Waals surface area (Å²) >= 11 is 0. The third-order valence-electron chi connectivity index (χ3n) is 7.12. The van der Waals surface area contributed by atoms with E-state index in [1.807, 2.05) is 0 Å². The molecule has 182 valence electrons. The molecule has 3 aromatic rings. The number of phenols is 3. The van der Waals surface area contributed by atoms with Gasteiger partial charge in [0.25, 0.3) is 0 Å². The van der Waals surface area contributed by atoms with E-state index in [4.69, 9.17) is 9.47 Å². The van der Waals surface area contributed by atoms with Crippen LogP contribution in [0.4, 0.5) is 0 Å². The summed E-state index contributed by atoms with van der Waals surface area (Å²) < 4.78 is 10.8. The average Bonchev–Trinajstić information content (AvgIpc) is 2.81. The van der Waals surface area contributed by atoms with E-state index in [1.54, 1.807) is 13.0 Å². The maximum atomic E-state index is 13.5. The number of hydrogen-bond acceptors (Lipinski definition) is 9. The molecule has 0 aromatic heterocycles. The molecule has 0 saturated heterocycles. The van der Waals surface area contributed by atoms with Crippen LogP contribution in [0.15, 0.2) is 24.3 Å². The minimum atomic E-state index is -1.27. The van der Waals surface area contributed by atoms with E-state index in [-0.39, 0.29) is 56.7 Å². The molecule has 1 aliphatic heterocycles. The van der Waals surface area contributed by atoms with Crippen LogP contribution in [0.2, 0.25) is 0 Å². The van der Waals surface area contributed by atoms with Crippen molar-refractivity contribution in [2.24, 2.45) is 0 Å². The number of carbonyl (C=O) groups is 3. The molecule has 0 saturated carbocycles. The Morgan fingerprint density at radius 2 is 1.56 bits per heavy atom. The highest BCUT2D eigenvalue weighted by Gasteiger charge is 2.44. The summed E-state index contributed by atoms with van der Waals surface area (Å²) in [7, 11) is 1.25. The van der Waals surface area contributed by atoms with Crippen LogP contribution in [0.3, 0.4) is 0 Å². The minimum absolute atomic E-state index is 0.00549. The minimum Gasteiger partial charge on any atom is -0.507 e. The molecule has 9 nitrogen and oxygen atoms in total. The zero-order valence-electron chi connectivity index (χ0n) is 19.2. The van der Waals surface area contributed by atoms with Crippen LogP contribution >= 0.6 is 0 Å². The van der Waals surface area contributed by atoms with E-state index >= 15 is 0 Å². The first-order valence-electron chi connectivity index (χ1n) is 11.3. The summed E-state index contributed by atoms with van der Waals surface area (Å²) in [4.78, 5) is 39.6. The van der Waals surface area contributed by atoms with Crippen LogP contribution in [0, 0.1) is 0 Å². The van der Waals surface area contributed by atoms with Crippen molar-refractivity contribution in [2.75, 3.05) is 7.11 Å². The molecule has 0 bridgehead atoms. The molecular formula is C27H20O9. The molecule has 0 amide bonds. The third-order valence-corrected chi connectivity index (χ3v) is 7.12. The van der Waals surface area contributed by atoms with Gasteiger partial charge < -0.3 is 29.9 Å². The van der Waals surface area contributed by atoms with Crippen molar-refractivity contribution in [2.45, 2.75) is 32.0 Å². The molecule has 4 N–H and O–H groups in total. The molecule has 3 aromatic carbocycles. The highest BCUT2D eigenvalue weighted by molar-refractivity contribution is 6.32. The Kier molecular flexibility index (Phi) is 4.49. The van der Waals surface area contributed by atoms with E-state index in [0.29, 0.717) is 17.5 Å². The van der Waals surface area contributed by atoms with Crippen LogP contribution in [-0.4, -0.2) is 51.2 Å². The Labute approximate surface area is 204 Å². The van der Waals surface area contributed by atoms with E-state index < -0.39 is 47.0 Å². The van der Waals surface area contributed by atoms with E-state index in [2.05, 4.69) is 0 Å². The highest BCUT2D eigenvalue weighted by Crippen LogP contribution is 2.56. The number of aliphatic hydroxyl groups is 1. The third kappa shape index (κ3) is 2.66. The molecular weight excluding hydrogens is 468 g/mol. The number of esters is 1. The van der Waals surface area contributed by atoms with Crippen molar-refractivity contribution in [3.05, 3.63) is 68.8 Å². The number of fused-ring (bicyclic) bond motifs is 6. The van der Waals surface area contributed by atoms with Crippen LogP contribution < -0.4 is 4.74 Å². The van der Waals surface area contributed by atoms with Gasteiger partial charge in [-0.3, -0.25) is 9.59 Å². The van der Waals surface area contributed by atoms with Gasteiger partial charge in [-0.15, -0.1) is 0 Å². The summed E-state index contributed by atoms with van der Waals surface area (Å²) in [5.74, 6) is -3.86. The molecule has 2 atom stereocenters. The highest BCUT2D eigenvalue weighted by atomic mass is 16.5. The van der Waals surface area contributed by atoms with Gasteiger partial charge in [-0.25, -0.2) is 4.79 Å². The molecule has 1 heterocycles. The molecule has 6 rings (SSSR count). The molecule has 0 radical (unpaired) electrons. The Hall–Kier alpha value is -4.37. The number of cyclic esters (lactones) is 1. The quantitative estimate of drug-likeness (QED) is 0.297. The van der Waals surface area contributed by atoms with Crippen LogP contribution in [-0.2, 0) is 17.6 Å². The van der Waals surface area contributed by atoms with Gasteiger partial charge in [0.05, 0.1) is 29.9 Å². The smallest absolute Gasteiger partial charge is 0.342 e. The van der Waals surface area contributed by atoms with Gasteiger partial charge in [0.15, 0.2) is 5.78 Å². The number of carbonyl (C=O) groups excluding carboxylic acids is 3. The molecule has 9 heteroatoms. The maximum Gasteiger partial charge on any atom is 0.342 e. The fourth-order valence-corrected chi connectivity index (χ4v) is 5.70. The van der Waals surface area contributed by atoms with Gasteiger partial charge >= 0.3 is 5.97 Å². The second-order valence-electron chi connectivity index (χ2n) is 9.21. The number of rotatable bonds is 1. The predicted octanol–water partition coefficient (Wildman–Crippen LogP) is 2.95. The van der Waals surface area contributed by atoms with Crippen molar-refractivity contribution in [1.82, 2.24) is 0 Å². The van der Waals surface area contributed by atoms with Crippen molar-refractivity contribution in [3.63, 3.8) is 0 Å². The first-order chi connectivity index (χ1) is 17.1. The lowest BCUT2D eigenvalue weighted by Crippen LogP contribution is -2.27. The topological polar surface area (TPSA) is 151 Å². The summed E-state index contributed by atoms with van der Waals surface area (Å²) in [5.41, 5.74) is -0.0958. The Morgan fingerprint density at radius 1 is 0.861 bits per heavy atom. The Morgan fingerprint density at radius 3 is 2.28 bits per heavy atom. The molecule has 0 fully saturated rings. The normalized spacial score (nSPS) is 19.5. The number of aliphatic hydroxyl groups excluding tert-OH is 1. The van der Waals surface area contributed by atoms with E-state index in [1.165, 1.54) is 25.3 Å². The number of hydrogen-bond donors (Lipinski definition) is 4. The molecule has 36 heavy (non-hydrogen) atoms. The summed E-state index contributed by atoms with van der Waals surface area (Å²) in [6.45, 7) is 1.72. The summed E-state index contributed by atoms with van der Waals surface area (Å²) in [6, 6.07) is 5.71. The zero-order chi connectivity index (χ0) is 25.6. The Bertz CT molecular complexity index is 1570. The van der Waals surface area contributed by atoms with Crippen LogP contribution in [0.25, 0.3) is 11.1 Å². The lowest BCUT2D eigenvalue weighted by atomic mass is 9.74. The molecule has 3 aliphatic rings. The van der Waals surface area contributed by atoms with Gasteiger partial charge in [-0.1, -0.05) is 18.2 Å². The summed E-state index contributed by atoms with van der Waals surface area (Å²) in [5, 5.41) is 44.2. The monoisotopic (exact) mass is 488 g/mol. The number of phenolic OH excluding ortho intramolecular Hbond substituents is 3. The number of methoxy groups -OCH3 is 1. The largest absolute Gasteiger partial charge is 0.507 e. The number of ether oxygens (including phenoxy) is 2. The standard InChI is InChI=1S/C27H20O9/c1-9-6-10-7-11-8-14(29)18-19(15(11)23(31)16(10)27(34)36-9)25(33)20-21(26(18)35-2)24(32)17-12(22(20)30)4-3-5-13(17)28/h3-5,7,9,14,28-29,31,33H,6,8H2,1-2H3/t9-,14-/m0/s1. The fraction of sp³-hybridized carbons (Fsp3) is 0.222. The van der Waals surface area contributed by atoms with Crippen LogP contribution in [0.1, 0.15) is 71.9 Å². The summed E-state index contributed by atoms with van der Waals surface area (Å²) in [6.07, 6.45) is -1.32. The predicted molar refractivity (Wildman–Crippen MR) is 124 cm³/mol. The SMILES string of the molecule is COc1c2c(c(O)c3c1[C@@H](O)Cc1cc4c(c(O)c1-3)C(=O)O[C@@H](C)C4)C(=O)c1cccc(O)c1C2=O. The van der Waals surface area contributed by atoms with Crippen molar-refractivity contribution < 1.29 is 44.3 Å². The number of benzene rings is 3. The molecule has 0 spiro atoms. The average molecular weight is 488 g/mol. The van der Waals surface area contributed by atoms with Crippen molar-refractivity contribution in [1.29, 1.82) is 0 Å². The second-order valence-corrected chi connectivity index (χ2v) is 9.21. The first kappa shape index (κ1) is 22.1. The van der Waals surface area contributed by atoms with Gasteiger partial charge in [0, 0.05) is 35.1 Å². The number of ketones is 2. The van der Waals surface area contributed by atoms with E-state index in [0.717, 1.165) is 0 Å². The molecule has 0 unspecified atom stereocenters. The first-order valence-corrected chi connectivity index (χ1v) is 11.3.